The number of rotatable bonds is 6. The molecule has 198 valence electrons. The average Bonchev–Trinajstić information content (AvgIpc) is 3.32. The molecule has 4 aromatic rings. The molecule has 0 bridgehead atoms. The zero-order chi connectivity index (χ0) is 26.2. The summed E-state index contributed by atoms with van der Waals surface area (Å²) in [6.07, 6.45) is 6.40. The van der Waals surface area contributed by atoms with Gasteiger partial charge < -0.3 is 14.8 Å². The number of likely N-dealkylation sites (N-methyl/N-ethyl adjacent to an activating group) is 1. The Bertz CT molecular complexity index is 1450. The molecule has 0 amide bonds. The second kappa shape index (κ2) is 10.6. The fourth-order valence-corrected chi connectivity index (χ4v) is 5.75. The van der Waals surface area contributed by atoms with Crippen LogP contribution in [0.2, 0.25) is 5.02 Å². The zero-order valence-electron chi connectivity index (χ0n) is 21.8. The Morgan fingerprint density at radius 2 is 1.87 bits per heavy atom. The lowest BCUT2D eigenvalue weighted by Crippen LogP contribution is -2.45. The van der Waals surface area contributed by atoms with Gasteiger partial charge in [-0.15, -0.1) is 0 Å². The Kier molecular flexibility index (Phi) is 6.99. The van der Waals surface area contributed by atoms with Gasteiger partial charge in [0.05, 0.1) is 22.4 Å². The van der Waals surface area contributed by atoms with E-state index in [0.717, 1.165) is 69.9 Å². The maximum absolute atomic E-state index is 15.2. The molecule has 0 radical (unpaired) electrons. The number of hydrogen-bond donors (Lipinski definition) is 1. The zero-order valence-corrected chi connectivity index (χ0v) is 22.5. The SMILES string of the molecule is CCN1CCN(Cc2ccc(Nc3ncc(Cl)c(-c4cc(F)c5nc6n(c5c4)C(C)CCC6)n3)nc2)CC1. The maximum atomic E-state index is 15.2. The Morgan fingerprint density at radius 1 is 1.05 bits per heavy atom. The molecular formula is C28H32ClFN8. The van der Waals surface area contributed by atoms with Crippen molar-refractivity contribution in [3.8, 4) is 11.3 Å². The molecule has 1 aromatic carbocycles. The highest BCUT2D eigenvalue weighted by Crippen LogP contribution is 2.35. The molecule has 1 fully saturated rings. The van der Waals surface area contributed by atoms with Gasteiger partial charge in [0.15, 0.2) is 5.82 Å². The summed E-state index contributed by atoms with van der Waals surface area (Å²) in [6.45, 7) is 10.7. The number of benzene rings is 1. The first kappa shape index (κ1) is 25.2. The predicted molar refractivity (Wildman–Crippen MR) is 148 cm³/mol. The van der Waals surface area contributed by atoms with Gasteiger partial charge in [0.1, 0.15) is 17.2 Å². The van der Waals surface area contributed by atoms with Crippen LogP contribution in [0.15, 0.2) is 36.7 Å². The van der Waals surface area contributed by atoms with Gasteiger partial charge in [-0.25, -0.2) is 24.3 Å². The fraction of sp³-hybridized carbons (Fsp3) is 0.429. The quantitative estimate of drug-likeness (QED) is 0.352. The van der Waals surface area contributed by atoms with Crippen LogP contribution in [0, 0.1) is 5.82 Å². The van der Waals surface area contributed by atoms with Crippen molar-refractivity contribution < 1.29 is 4.39 Å². The van der Waals surface area contributed by atoms with Crippen molar-refractivity contribution in [2.45, 2.75) is 45.7 Å². The minimum Gasteiger partial charge on any atom is -0.325 e. The Labute approximate surface area is 226 Å². The van der Waals surface area contributed by atoms with E-state index in [2.05, 4.69) is 59.5 Å². The Balaban J connectivity index is 1.21. The molecule has 0 aliphatic carbocycles. The highest BCUT2D eigenvalue weighted by atomic mass is 35.5. The second-order valence-electron chi connectivity index (χ2n) is 10.2. The van der Waals surface area contributed by atoms with E-state index in [4.69, 9.17) is 11.6 Å². The lowest BCUT2D eigenvalue weighted by atomic mass is 10.1. The van der Waals surface area contributed by atoms with E-state index in [-0.39, 0.29) is 11.9 Å². The molecule has 2 aliphatic rings. The van der Waals surface area contributed by atoms with Crippen molar-refractivity contribution in [1.82, 2.24) is 34.3 Å². The van der Waals surface area contributed by atoms with Gasteiger partial charge in [0.25, 0.3) is 0 Å². The molecule has 5 heterocycles. The third-order valence-electron chi connectivity index (χ3n) is 7.69. The minimum absolute atomic E-state index is 0.270. The van der Waals surface area contributed by atoms with Crippen molar-refractivity contribution in [2.24, 2.45) is 0 Å². The van der Waals surface area contributed by atoms with E-state index < -0.39 is 0 Å². The van der Waals surface area contributed by atoms with E-state index in [1.165, 1.54) is 17.8 Å². The summed E-state index contributed by atoms with van der Waals surface area (Å²) in [5.74, 6) is 1.55. The summed E-state index contributed by atoms with van der Waals surface area (Å²) in [6, 6.07) is 7.66. The normalized spacial score (nSPS) is 18.6. The van der Waals surface area contributed by atoms with Gasteiger partial charge in [-0.1, -0.05) is 24.6 Å². The van der Waals surface area contributed by atoms with Gasteiger partial charge in [0.2, 0.25) is 5.95 Å². The van der Waals surface area contributed by atoms with Crippen molar-refractivity contribution in [1.29, 1.82) is 0 Å². The van der Waals surface area contributed by atoms with Gasteiger partial charge in [0, 0.05) is 56.9 Å². The molecule has 1 saturated heterocycles. The molecular weight excluding hydrogens is 503 g/mol. The maximum Gasteiger partial charge on any atom is 0.228 e. The highest BCUT2D eigenvalue weighted by molar-refractivity contribution is 6.33. The van der Waals surface area contributed by atoms with Crippen LogP contribution in [0.1, 0.15) is 44.1 Å². The Morgan fingerprint density at radius 3 is 2.63 bits per heavy atom. The van der Waals surface area contributed by atoms with Gasteiger partial charge in [-0.2, -0.15) is 0 Å². The highest BCUT2D eigenvalue weighted by Gasteiger charge is 2.23. The molecule has 0 spiro atoms. The topological polar surface area (TPSA) is 75.0 Å². The van der Waals surface area contributed by atoms with Crippen LogP contribution < -0.4 is 5.32 Å². The van der Waals surface area contributed by atoms with E-state index in [9.17, 15) is 0 Å². The summed E-state index contributed by atoms with van der Waals surface area (Å²) >= 11 is 6.49. The van der Waals surface area contributed by atoms with Gasteiger partial charge in [-0.05, 0) is 50.1 Å². The van der Waals surface area contributed by atoms with Gasteiger partial charge >= 0.3 is 0 Å². The van der Waals surface area contributed by atoms with Crippen molar-refractivity contribution in [2.75, 3.05) is 38.0 Å². The molecule has 0 saturated carbocycles. The smallest absolute Gasteiger partial charge is 0.228 e. The van der Waals surface area contributed by atoms with Crippen LogP contribution in [0.4, 0.5) is 16.2 Å². The van der Waals surface area contributed by atoms with Gasteiger partial charge in [-0.3, -0.25) is 4.90 Å². The molecule has 1 unspecified atom stereocenters. The lowest BCUT2D eigenvalue weighted by Gasteiger charge is -2.33. The summed E-state index contributed by atoms with van der Waals surface area (Å²) in [5, 5.41) is 3.52. The number of pyridine rings is 1. The first-order valence-corrected chi connectivity index (χ1v) is 13.8. The first-order chi connectivity index (χ1) is 18.5. The van der Waals surface area contributed by atoms with Crippen molar-refractivity contribution >= 4 is 34.4 Å². The van der Waals surface area contributed by atoms with Crippen LogP contribution in [0.25, 0.3) is 22.3 Å². The molecule has 38 heavy (non-hydrogen) atoms. The first-order valence-electron chi connectivity index (χ1n) is 13.4. The number of halogens is 2. The average molecular weight is 535 g/mol. The van der Waals surface area contributed by atoms with E-state index in [0.29, 0.717) is 33.6 Å². The van der Waals surface area contributed by atoms with Crippen LogP contribution in [-0.4, -0.2) is 67.0 Å². The standard InChI is InChI=1S/C28H32ClFN8/c1-3-36-9-11-37(12-10-36)17-19-7-8-24(31-15-19)33-28-32-16-21(29)26(35-28)20-13-22(30)27-23(14-20)38-18(2)5-4-6-25(38)34-27/h7-8,13-16,18H,3-6,9-12,17H2,1-2H3,(H,31,32,33,35). The van der Waals surface area contributed by atoms with E-state index in [1.54, 1.807) is 0 Å². The molecule has 2 aliphatic heterocycles. The number of hydrogen-bond acceptors (Lipinski definition) is 7. The number of nitrogens with one attached hydrogen (secondary N) is 1. The minimum atomic E-state index is -0.371. The van der Waals surface area contributed by atoms with E-state index >= 15 is 4.39 Å². The fourth-order valence-electron chi connectivity index (χ4n) is 5.55. The lowest BCUT2D eigenvalue weighted by molar-refractivity contribution is 0.132. The number of imidazole rings is 1. The number of nitrogens with zero attached hydrogens (tertiary/aromatic N) is 7. The third-order valence-corrected chi connectivity index (χ3v) is 7.96. The number of piperazine rings is 1. The summed E-state index contributed by atoms with van der Waals surface area (Å²) in [4.78, 5) is 23.0. The molecule has 1 atom stereocenters. The number of aryl methyl sites for hydroxylation is 1. The van der Waals surface area contributed by atoms with Crippen molar-refractivity contribution in [3.05, 3.63) is 58.9 Å². The number of aromatic nitrogens is 5. The molecule has 8 nitrogen and oxygen atoms in total. The Hall–Kier alpha value is -3.14. The monoisotopic (exact) mass is 534 g/mol. The van der Waals surface area contributed by atoms with Crippen molar-refractivity contribution in [3.63, 3.8) is 0 Å². The molecule has 3 aromatic heterocycles. The number of anilines is 2. The summed E-state index contributed by atoms with van der Waals surface area (Å²) in [7, 11) is 0. The number of fused-ring (bicyclic) bond motifs is 3. The molecule has 6 rings (SSSR count). The third kappa shape index (κ3) is 4.98. The van der Waals surface area contributed by atoms with Crippen LogP contribution >= 0.6 is 11.6 Å². The van der Waals surface area contributed by atoms with Crippen LogP contribution in [-0.2, 0) is 13.0 Å². The van der Waals surface area contributed by atoms with E-state index in [1.807, 2.05) is 18.3 Å². The largest absolute Gasteiger partial charge is 0.325 e. The predicted octanol–water partition coefficient (Wildman–Crippen LogP) is 5.46. The summed E-state index contributed by atoms with van der Waals surface area (Å²) < 4.78 is 17.3. The van der Waals surface area contributed by atoms with Crippen LogP contribution in [0.3, 0.4) is 0 Å². The molecule has 10 heteroatoms. The molecule has 1 N–H and O–H groups in total. The summed E-state index contributed by atoms with van der Waals surface area (Å²) in [5.41, 5.74) is 3.40. The second-order valence-corrected chi connectivity index (χ2v) is 10.6. The van der Waals surface area contributed by atoms with Crippen LogP contribution in [0.5, 0.6) is 0 Å².